The molecule has 0 radical (unpaired) electrons. The van der Waals surface area contributed by atoms with Crippen molar-refractivity contribution in [1.29, 1.82) is 0 Å². The number of carboxylic acid groups (broad SMARTS) is 2. The van der Waals surface area contributed by atoms with Crippen LogP contribution in [0.5, 0.6) is 0 Å². The van der Waals surface area contributed by atoms with E-state index in [4.69, 9.17) is 10.2 Å². The van der Waals surface area contributed by atoms with Crippen LogP contribution in [0.15, 0.2) is 0 Å². The molecule has 0 saturated carbocycles. The Balaban J connectivity index is 0. The number of carboxylic acids is 2. The number of carbonyl (C=O) groups excluding carboxylic acids is 1. The van der Waals surface area contributed by atoms with Gasteiger partial charge in [0.05, 0.1) is 0 Å². The first-order valence-electron chi connectivity index (χ1n) is 7.71. The van der Waals surface area contributed by atoms with Gasteiger partial charge in [-0.3, -0.25) is 9.59 Å². The molecule has 0 aliphatic carbocycles. The molecule has 0 aliphatic heterocycles. The van der Waals surface area contributed by atoms with Crippen LogP contribution in [-0.4, -0.2) is 63.7 Å². The van der Waals surface area contributed by atoms with Crippen molar-refractivity contribution >= 4 is 47.4 Å². The molecule has 0 spiro atoms. The fourth-order valence-electron chi connectivity index (χ4n) is 2.03. The number of rotatable bonds is 13. The van der Waals surface area contributed by atoms with Gasteiger partial charge in [0.15, 0.2) is 0 Å². The summed E-state index contributed by atoms with van der Waals surface area (Å²) in [5.74, 6) is -2.58. The first-order chi connectivity index (χ1) is 9.97. The van der Waals surface area contributed by atoms with Crippen LogP contribution in [0.25, 0.3) is 0 Å². The van der Waals surface area contributed by atoms with E-state index in [0.717, 1.165) is 19.3 Å². The summed E-state index contributed by atoms with van der Waals surface area (Å²) in [6.07, 6.45) is 7.57. The maximum atomic E-state index is 11.6. The van der Waals surface area contributed by atoms with Crippen LogP contribution >= 0.6 is 0 Å². The quantitative estimate of drug-likeness (QED) is 0.354. The third-order valence-corrected chi connectivity index (χ3v) is 3.29. The SMILES string of the molecule is CCCCCCCCCC(=O)N[C@@H](CCC(=O)O)C(=O)O.[NaH]. The molecular formula is C15H28NNaO5. The molecule has 0 rings (SSSR count). The van der Waals surface area contributed by atoms with Crippen LogP contribution in [0.3, 0.4) is 0 Å². The predicted molar refractivity (Wildman–Crippen MR) is 86.2 cm³/mol. The second-order valence-corrected chi connectivity index (χ2v) is 5.26. The Labute approximate surface area is 154 Å². The van der Waals surface area contributed by atoms with Crippen molar-refractivity contribution in [2.24, 2.45) is 0 Å². The fraction of sp³-hybridized carbons (Fsp3) is 0.800. The molecule has 124 valence electrons. The van der Waals surface area contributed by atoms with Gasteiger partial charge in [0, 0.05) is 12.8 Å². The van der Waals surface area contributed by atoms with E-state index in [9.17, 15) is 14.4 Å². The average molecular weight is 325 g/mol. The number of amides is 1. The zero-order valence-corrected chi connectivity index (χ0v) is 12.8. The molecule has 0 aliphatic rings. The molecule has 7 heteroatoms. The van der Waals surface area contributed by atoms with E-state index in [1.807, 2.05) is 0 Å². The Kier molecular flexibility index (Phi) is 16.5. The van der Waals surface area contributed by atoms with Gasteiger partial charge in [0.1, 0.15) is 6.04 Å². The van der Waals surface area contributed by atoms with E-state index < -0.39 is 18.0 Å². The molecule has 0 aromatic rings. The van der Waals surface area contributed by atoms with Crippen LogP contribution in [0.4, 0.5) is 0 Å². The Morgan fingerprint density at radius 1 is 0.909 bits per heavy atom. The van der Waals surface area contributed by atoms with E-state index in [1.165, 1.54) is 25.7 Å². The summed E-state index contributed by atoms with van der Waals surface area (Å²) in [4.78, 5) is 33.0. The Bertz CT molecular complexity index is 336. The van der Waals surface area contributed by atoms with Crippen LogP contribution < -0.4 is 5.32 Å². The number of hydrogen-bond donors (Lipinski definition) is 3. The van der Waals surface area contributed by atoms with Crippen molar-refractivity contribution in [3.63, 3.8) is 0 Å². The minimum atomic E-state index is -1.19. The summed E-state index contributed by atoms with van der Waals surface area (Å²) in [5, 5.41) is 19.8. The molecule has 0 unspecified atom stereocenters. The number of unbranched alkanes of at least 4 members (excludes halogenated alkanes) is 6. The topological polar surface area (TPSA) is 104 Å². The second-order valence-electron chi connectivity index (χ2n) is 5.26. The van der Waals surface area contributed by atoms with Crippen LogP contribution in [0.1, 0.15) is 71.1 Å². The van der Waals surface area contributed by atoms with Crippen LogP contribution in [0, 0.1) is 0 Å². The monoisotopic (exact) mass is 325 g/mol. The number of carbonyl (C=O) groups is 3. The second kappa shape index (κ2) is 15.3. The van der Waals surface area contributed by atoms with Crippen molar-refractivity contribution in [3.05, 3.63) is 0 Å². The van der Waals surface area contributed by atoms with Gasteiger partial charge in [-0.15, -0.1) is 0 Å². The van der Waals surface area contributed by atoms with E-state index >= 15 is 0 Å². The summed E-state index contributed by atoms with van der Waals surface area (Å²) >= 11 is 0. The Morgan fingerprint density at radius 2 is 1.45 bits per heavy atom. The molecule has 0 bridgehead atoms. The minimum absolute atomic E-state index is 0. The van der Waals surface area contributed by atoms with Crippen molar-refractivity contribution in [2.75, 3.05) is 0 Å². The summed E-state index contributed by atoms with van der Waals surface area (Å²) in [7, 11) is 0. The molecule has 1 amide bonds. The maximum absolute atomic E-state index is 11.6. The summed E-state index contributed by atoms with van der Waals surface area (Å²) in [6, 6.07) is -1.11. The zero-order valence-electron chi connectivity index (χ0n) is 12.8. The summed E-state index contributed by atoms with van der Waals surface area (Å²) in [5.41, 5.74) is 0. The molecule has 3 N–H and O–H groups in total. The van der Waals surface area contributed by atoms with Crippen LogP contribution in [-0.2, 0) is 14.4 Å². The Morgan fingerprint density at radius 3 is 1.95 bits per heavy atom. The van der Waals surface area contributed by atoms with Crippen molar-refractivity contribution in [1.82, 2.24) is 5.32 Å². The summed E-state index contributed by atoms with van der Waals surface area (Å²) < 4.78 is 0. The molecule has 0 fully saturated rings. The van der Waals surface area contributed by atoms with Crippen LogP contribution in [0.2, 0.25) is 0 Å². The standard InChI is InChI=1S/C15H27NO5.Na.H/c1-2-3-4-5-6-7-8-9-13(17)16-12(15(20)21)10-11-14(18)19;;/h12H,2-11H2,1H3,(H,16,17)(H,18,19)(H,20,21);;/t12-;;/m0../s1. The normalized spacial score (nSPS) is 11.3. The van der Waals surface area contributed by atoms with E-state index in [2.05, 4.69) is 12.2 Å². The van der Waals surface area contributed by atoms with Gasteiger partial charge in [-0.2, -0.15) is 0 Å². The van der Waals surface area contributed by atoms with Gasteiger partial charge in [0.2, 0.25) is 5.91 Å². The first kappa shape index (κ1) is 23.7. The summed E-state index contributed by atoms with van der Waals surface area (Å²) in [6.45, 7) is 2.16. The molecule has 0 heterocycles. The van der Waals surface area contributed by atoms with Gasteiger partial charge >= 0.3 is 41.5 Å². The molecule has 0 saturated heterocycles. The van der Waals surface area contributed by atoms with Gasteiger partial charge < -0.3 is 15.5 Å². The molecule has 22 heavy (non-hydrogen) atoms. The van der Waals surface area contributed by atoms with Gasteiger partial charge in [0.25, 0.3) is 0 Å². The third-order valence-electron chi connectivity index (χ3n) is 3.29. The molecule has 0 aromatic carbocycles. The number of aliphatic carboxylic acids is 2. The van der Waals surface area contributed by atoms with Gasteiger partial charge in [-0.25, -0.2) is 4.79 Å². The van der Waals surface area contributed by atoms with Crippen molar-refractivity contribution in [3.8, 4) is 0 Å². The number of nitrogens with one attached hydrogen (secondary N) is 1. The molecule has 1 atom stereocenters. The molecule has 0 aromatic heterocycles. The van der Waals surface area contributed by atoms with Gasteiger partial charge in [-0.1, -0.05) is 45.4 Å². The predicted octanol–water partition coefficient (Wildman–Crippen LogP) is 1.91. The first-order valence-corrected chi connectivity index (χ1v) is 7.71. The van der Waals surface area contributed by atoms with Gasteiger partial charge in [-0.05, 0) is 12.8 Å². The third kappa shape index (κ3) is 14.4. The van der Waals surface area contributed by atoms with E-state index in [0.29, 0.717) is 6.42 Å². The van der Waals surface area contributed by atoms with Crippen molar-refractivity contribution in [2.45, 2.75) is 77.2 Å². The fourth-order valence-corrected chi connectivity index (χ4v) is 2.03. The molecular weight excluding hydrogens is 297 g/mol. The van der Waals surface area contributed by atoms with Crippen molar-refractivity contribution < 1.29 is 24.6 Å². The zero-order chi connectivity index (χ0) is 16.1. The average Bonchev–Trinajstić information content (AvgIpc) is 2.41. The van der Waals surface area contributed by atoms with E-state index in [-0.39, 0.29) is 48.3 Å². The van der Waals surface area contributed by atoms with E-state index in [1.54, 1.807) is 0 Å². The Hall–Kier alpha value is -0.590. The molecule has 6 nitrogen and oxygen atoms in total. The number of hydrogen-bond acceptors (Lipinski definition) is 3.